The van der Waals surface area contributed by atoms with Crippen LogP contribution in [-0.4, -0.2) is 42.9 Å². The summed E-state index contributed by atoms with van der Waals surface area (Å²) in [6, 6.07) is 10.3. The third kappa shape index (κ3) is 4.62. The maximum Gasteiger partial charge on any atom is 0.226 e. The summed E-state index contributed by atoms with van der Waals surface area (Å²) in [6.45, 7) is 5.25. The van der Waals surface area contributed by atoms with Crippen molar-refractivity contribution in [3.05, 3.63) is 47.9 Å². The topological polar surface area (TPSA) is 72.9 Å². The molecule has 0 spiro atoms. The minimum atomic E-state index is 0.615. The van der Waals surface area contributed by atoms with Gasteiger partial charge in [0, 0.05) is 12.1 Å². The molecule has 1 aliphatic rings. The first kappa shape index (κ1) is 19.1. The molecule has 0 saturated carbocycles. The minimum Gasteiger partial charge on any atom is -0.339 e. The average Bonchev–Trinajstić information content (AvgIpc) is 3.47. The molecule has 3 aromatic rings. The summed E-state index contributed by atoms with van der Waals surface area (Å²) in [5.74, 6) is 3.02. The van der Waals surface area contributed by atoms with Crippen LogP contribution in [0.3, 0.4) is 0 Å². The van der Waals surface area contributed by atoms with Crippen LogP contribution in [0.1, 0.15) is 50.1 Å². The second-order valence-corrected chi connectivity index (χ2v) is 7.99. The Bertz CT molecular complexity index is 872. The van der Waals surface area contributed by atoms with Crippen molar-refractivity contribution in [2.45, 2.75) is 56.5 Å². The van der Waals surface area contributed by atoms with Crippen molar-refractivity contribution < 1.29 is 4.52 Å². The van der Waals surface area contributed by atoms with E-state index in [1.54, 1.807) is 11.8 Å². The fourth-order valence-corrected chi connectivity index (χ4v) is 4.19. The zero-order valence-electron chi connectivity index (χ0n) is 16.3. The van der Waals surface area contributed by atoms with Crippen molar-refractivity contribution in [2.24, 2.45) is 0 Å². The fourth-order valence-electron chi connectivity index (χ4n) is 3.38. The van der Waals surface area contributed by atoms with Gasteiger partial charge < -0.3 is 4.52 Å². The van der Waals surface area contributed by atoms with Crippen molar-refractivity contribution in [3.8, 4) is 5.69 Å². The highest BCUT2D eigenvalue weighted by Gasteiger charge is 2.20. The van der Waals surface area contributed by atoms with Crippen LogP contribution in [-0.2, 0) is 18.7 Å². The van der Waals surface area contributed by atoms with Gasteiger partial charge in [-0.05, 0) is 44.5 Å². The zero-order valence-corrected chi connectivity index (χ0v) is 17.1. The first-order valence-electron chi connectivity index (χ1n) is 10.00. The number of benzene rings is 1. The van der Waals surface area contributed by atoms with Crippen molar-refractivity contribution in [1.82, 2.24) is 29.8 Å². The van der Waals surface area contributed by atoms with Gasteiger partial charge in [0.25, 0.3) is 0 Å². The fraction of sp³-hybridized carbons (Fsp3) is 0.500. The third-order valence-corrected chi connectivity index (χ3v) is 5.79. The summed E-state index contributed by atoms with van der Waals surface area (Å²) in [6.07, 6.45) is 5.55. The molecule has 0 unspecified atom stereocenters. The van der Waals surface area contributed by atoms with E-state index in [4.69, 9.17) is 4.52 Å². The van der Waals surface area contributed by atoms with Crippen LogP contribution in [0, 0.1) is 0 Å². The Morgan fingerprint density at radius 2 is 1.93 bits per heavy atom. The molecule has 3 heterocycles. The summed E-state index contributed by atoms with van der Waals surface area (Å²) >= 11 is 1.60. The molecule has 28 heavy (non-hydrogen) atoms. The Labute approximate surface area is 169 Å². The van der Waals surface area contributed by atoms with Gasteiger partial charge in [0.15, 0.2) is 16.8 Å². The van der Waals surface area contributed by atoms with Gasteiger partial charge in [-0.2, -0.15) is 4.98 Å². The molecule has 0 atom stereocenters. The quantitative estimate of drug-likeness (QED) is 0.506. The van der Waals surface area contributed by atoms with E-state index in [0.29, 0.717) is 11.6 Å². The lowest BCUT2D eigenvalue weighted by atomic mass is 10.2. The number of thioether (sulfide) groups is 1. The number of nitrogens with zero attached hydrogens (tertiary/aromatic N) is 6. The highest BCUT2D eigenvalue weighted by Crippen LogP contribution is 2.25. The van der Waals surface area contributed by atoms with Crippen molar-refractivity contribution in [1.29, 1.82) is 0 Å². The van der Waals surface area contributed by atoms with Gasteiger partial charge in [-0.3, -0.25) is 9.47 Å². The van der Waals surface area contributed by atoms with Gasteiger partial charge in [-0.15, -0.1) is 10.2 Å². The Kier molecular flexibility index (Phi) is 6.38. The summed E-state index contributed by atoms with van der Waals surface area (Å²) in [5.41, 5.74) is 1.08. The van der Waals surface area contributed by atoms with Crippen molar-refractivity contribution in [2.75, 3.05) is 13.1 Å². The molecule has 2 aromatic heterocycles. The molecule has 1 aliphatic heterocycles. The first-order chi connectivity index (χ1) is 13.8. The number of hydrogen-bond acceptors (Lipinski definition) is 7. The lowest BCUT2D eigenvalue weighted by Crippen LogP contribution is -2.21. The zero-order chi connectivity index (χ0) is 19.2. The molecule has 8 heteroatoms. The summed E-state index contributed by atoms with van der Waals surface area (Å²) in [4.78, 5) is 6.93. The summed E-state index contributed by atoms with van der Waals surface area (Å²) in [5, 5.41) is 13.9. The molecular formula is C20H26N6OS. The van der Waals surface area contributed by atoms with Crippen LogP contribution >= 0.6 is 11.8 Å². The van der Waals surface area contributed by atoms with E-state index in [1.807, 2.05) is 18.2 Å². The number of hydrogen-bond donors (Lipinski definition) is 0. The number of unbranched alkanes of at least 4 members (excludes halogenated alkanes) is 1. The maximum absolute atomic E-state index is 5.34. The van der Waals surface area contributed by atoms with E-state index in [0.717, 1.165) is 61.5 Å². The predicted octanol–water partition coefficient (Wildman–Crippen LogP) is 3.88. The predicted molar refractivity (Wildman–Crippen MR) is 108 cm³/mol. The molecule has 0 aliphatic carbocycles. The maximum atomic E-state index is 5.34. The molecule has 7 nitrogen and oxygen atoms in total. The smallest absolute Gasteiger partial charge is 0.226 e. The number of para-hydroxylation sites is 1. The highest BCUT2D eigenvalue weighted by molar-refractivity contribution is 7.98. The monoisotopic (exact) mass is 398 g/mol. The molecule has 1 aromatic carbocycles. The molecule has 1 fully saturated rings. The van der Waals surface area contributed by atoms with E-state index in [9.17, 15) is 0 Å². The number of rotatable bonds is 9. The van der Waals surface area contributed by atoms with E-state index in [-0.39, 0.29) is 0 Å². The Morgan fingerprint density at radius 3 is 2.71 bits per heavy atom. The number of aromatic nitrogens is 5. The average molecular weight is 399 g/mol. The summed E-state index contributed by atoms with van der Waals surface area (Å²) in [7, 11) is 0. The van der Waals surface area contributed by atoms with E-state index >= 15 is 0 Å². The van der Waals surface area contributed by atoms with Gasteiger partial charge in [-0.25, -0.2) is 0 Å². The van der Waals surface area contributed by atoms with Crippen LogP contribution in [0.25, 0.3) is 5.69 Å². The first-order valence-corrected chi connectivity index (χ1v) is 11.0. The molecule has 0 N–H and O–H groups in total. The Balaban J connectivity index is 1.51. The number of aryl methyl sites for hydroxylation is 1. The third-order valence-electron chi connectivity index (χ3n) is 4.86. The molecule has 4 rings (SSSR count). The van der Waals surface area contributed by atoms with Crippen LogP contribution in [0.2, 0.25) is 0 Å². The highest BCUT2D eigenvalue weighted by atomic mass is 32.2. The normalized spacial score (nSPS) is 14.8. The standard InChI is InChI=1S/C20H26N6OS/c1-2-3-11-19-21-17(24-27-19)15-28-20-23-22-18(14-25-12-7-8-13-25)26(20)16-9-5-4-6-10-16/h4-6,9-10H,2-3,7-8,11-15H2,1H3. The second kappa shape index (κ2) is 9.34. The molecule has 1 saturated heterocycles. The van der Waals surface area contributed by atoms with E-state index in [1.165, 1.54) is 12.8 Å². The van der Waals surface area contributed by atoms with E-state index < -0.39 is 0 Å². The minimum absolute atomic E-state index is 0.615. The Hall–Kier alpha value is -2.19. The van der Waals surface area contributed by atoms with Gasteiger partial charge >= 0.3 is 0 Å². The lowest BCUT2D eigenvalue weighted by Gasteiger charge is -2.15. The van der Waals surface area contributed by atoms with E-state index in [2.05, 4.69) is 48.9 Å². The van der Waals surface area contributed by atoms with Gasteiger partial charge in [-0.1, -0.05) is 48.5 Å². The largest absolute Gasteiger partial charge is 0.339 e. The number of likely N-dealkylation sites (tertiary alicyclic amines) is 1. The van der Waals surface area contributed by atoms with Crippen molar-refractivity contribution >= 4 is 11.8 Å². The van der Waals surface area contributed by atoms with Crippen molar-refractivity contribution in [3.63, 3.8) is 0 Å². The molecular weight excluding hydrogens is 372 g/mol. The molecule has 0 bridgehead atoms. The second-order valence-electron chi connectivity index (χ2n) is 7.05. The van der Waals surface area contributed by atoms with Gasteiger partial charge in [0.2, 0.25) is 5.89 Å². The van der Waals surface area contributed by atoms with Gasteiger partial charge in [0.05, 0.1) is 12.3 Å². The van der Waals surface area contributed by atoms with Crippen LogP contribution in [0.5, 0.6) is 0 Å². The molecule has 0 amide bonds. The Morgan fingerprint density at radius 1 is 1.11 bits per heavy atom. The van der Waals surface area contributed by atoms with Gasteiger partial charge in [0.1, 0.15) is 0 Å². The van der Waals surface area contributed by atoms with Crippen LogP contribution < -0.4 is 0 Å². The molecule has 0 radical (unpaired) electrons. The summed E-state index contributed by atoms with van der Waals surface area (Å²) < 4.78 is 7.49. The van der Waals surface area contributed by atoms with Crippen LogP contribution in [0.15, 0.2) is 40.0 Å². The lowest BCUT2D eigenvalue weighted by molar-refractivity contribution is 0.319. The van der Waals surface area contributed by atoms with Crippen LogP contribution in [0.4, 0.5) is 0 Å². The molecule has 148 valence electrons. The SMILES string of the molecule is CCCCc1nc(CSc2nnc(CN3CCCC3)n2-c2ccccc2)no1.